The Morgan fingerprint density at radius 1 is 1.24 bits per heavy atom. The highest BCUT2D eigenvalue weighted by Gasteiger charge is 2.10. The number of hydrogen-bond donors (Lipinski definition) is 1. The molecule has 1 heterocycles. The van der Waals surface area contributed by atoms with Crippen LogP contribution in [0.5, 0.6) is 5.75 Å². The zero-order valence-corrected chi connectivity index (χ0v) is 14.3. The largest absolute Gasteiger partial charge is 0.497 e. The zero-order chi connectivity index (χ0) is 17.6. The summed E-state index contributed by atoms with van der Waals surface area (Å²) in [7, 11) is 1.59. The van der Waals surface area contributed by atoms with Gasteiger partial charge >= 0.3 is 0 Å². The Balaban J connectivity index is 1.60. The van der Waals surface area contributed by atoms with Gasteiger partial charge < -0.3 is 10.1 Å². The summed E-state index contributed by atoms with van der Waals surface area (Å²) in [6, 6.07) is 14.6. The SMILES string of the molecule is COc1cccc(-c2nnn(CC(=O)NCc3cccc(Cl)c3)n2)c1. The number of nitrogens with zero attached hydrogens (tertiary/aromatic N) is 4. The number of hydrogen-bond acceptors (Lipinski definition) is 5. The molecule has 2 aromatic carbocycles. The summed E-state index contributed by atoms with van der Waals surface area (Å²) < 4.78 is 5.17. The monoisotopic (exact) mass is 357 g/mol. The minimum Gasteiger partial charge on any atom is -0.497 e. The smallest absolute Gasteiger partial charge is 0.243 e. The maximum atomic E-state index is 12.0. The van der Waals surface area contributed by atoms with Crippen molar-refractivity contribution in [2.24, 2.45) is 0 Å². The molecular formula is C17H16ClN5O2. The molecular weight excluding hydrogens is 342 g/mol. The number of carbonyl (C=O) groups is 1. The van der Waals surface area contributed by atoms with Gasteiger partial charge in [0, 0.05) is 17.1 Å². The lowest BCUT2D eigenvalue weighted by Gasteiger charge is -2.05. The molecule has 0 atom stereocenters. The summed E-state index contributed by atoms with van der Waals surface area (Å²) in [5.41, 5.74) is 1.69. The molecule has 0 bridgehead atoms. The number of tetrazole rings is 1. The standard InChI is InChI=1S/C17H16ClN5O2/c1-25-15-7-3-5-13(9-15)17-20-22-23(21-17)11-16(24)19-10-12-4-2-6-14(18)8-12/h2-9H,10-11H2,1H3,(H,19,24). The number of methoxy groups -OCH3 is 1. The molecule has 0 aliphatic carbocycles. The maximum absolute atomic E-state index is 12.0. The van der Waals surface area contributed by atoms with Gasteiger partial charge in [0.25, 0.3) is 0 Å². The molecule has 1 amide bonds. The molecule has 0 aliphatic heterocycles. The first-order chi connectivity index (χ1) is 12.1. The van der Waals surface area contributed by atoms with E-state index in [2.05, 4.69) is 20.7 Å². The Kier molecular flexibility index (Phi) is 5.25. The quantitative estimate of drug-likeness (QED) is 0.732. The number of ether oxygens (including phenoxy) is 1. The van der Waals surface area contributed by atoms with Gasteiger partial charge in [0.2, 0.25) is 11.7 Å². The lowest BCUT2D eigenvalue weighted by molar-refractivity contribution is -0.122. The fraction of sp³-hybridized carbons (Fsp3) is 0.176. The highest BCUT2D eigenvalue weighted by atomic mass is 35.5. The number of amides is 1. The third-order valence-electron chi connectivity index (χ3n) is 3.44. The van der Waals surface area contributed by atoms with Crippen molar-refractivity contribution >= 4 is 17.5 Å². The second-order valence-corrected chi connectivity index (χ2v) is 5.72. The predicted octanol–water partition coefficient (Wildman–Crippen LogP) is 2.32. The number of benzene rings is 2. The van der Waals surface area contributed by atoms with Crippen LogP contribution in [0.3, 0.4) is 0 Å². The van der Waals surface area contributed by atoms with Gasteiger partial charge in [0.15, 0.2) is 0 Å². The third-order valence-corrected chi connectivity index (χ3v) is 3.68. The number of rotatable bonds is 6. The van der Waals surface area contributed by atoms with Crippen molar-refractivity contribution in [1.29, 1.82) is 0 Å². The normalized spacial score (nSPS) is 10.5. The van der Waals surface area contributed by atoms with Gasteiger partial charge in [-0.1, -0.05) is 35.9 Å². The van der Waals surface area contributed by atoms with E-state index in [4.69, 9.17) is 16.3 Å². The summed E-state index contributed by atoms with van der Waals surface area (Å²) in [6.07, 6.45) is 0. The van der Waals surface area contributed by atoms with E-state index in [1.807, 2.05) is 30.3 Å². The molecule has 0 saturated carbocycles. The fourth-order valence-corrected chi connectivity index (χ4v) is 2.43. The molecule has 0 saturated heterocycles. The van der Waals surface area contributed by atoms with Crippen molar-refractivity contribution in [2.75, 3.05) is 7.11 Å². The minimum atomic E-state index is -0.213. The van der Waals surface area contributed by atoms with Gasteiger partial charge in [-0.3, -0.25) is 4.79 Å². The van der Waals surface area contributed by atoms with Crippen molar-refractivity contribution in [2.45, 2.75) is 13.1 Å². The van der Waals surface area contributed by atoms with Crippen LogP contribution in [0, 0.1) is 0 Å². The molecule has 8 heteroatoms. The van der Waals surface area contributed by atoms with Crippen LogP contribution in [0.4, 0.5) is 0 Å². The van der Waals surface area contributed by atoms with Gasteiger partial charge in [-0.2, -0.15) is 4.80 Å². The molecule has 128 valence electrons. The van der Waals surface area contributed by atoms with Crippen molar-refractivity contribution in [1.82, 2.24) is 25.5 Å². The Labute approximate surface area is 149 Å². The van der Waals surface area contributed by atoms with E-state index in [0.29, 0.717) is 23.1 Å². The maximum Gasteiger partial charge on any atom is 0.243 e. The van der Waals surface area contributed by atoms with Crippen LogP contribution in [0.2, 0.25) is 5.02 Å². The number of nitrogens with one attached hydrogen (secondary N) is 1. The van der Waals surface area contributed by atoms with Crippen LogP contribution in [0.1, 0.15) is 5.56 Å². The summed E-state index contributed by atoms with van der Waals surface area (Å²) in [5, 5.41) is 15.5. The molecule has 3 rings (SSSR count). The Bertz CT molecular complexity index is 881. The van der Waals surface area contributed by atoms with E-state index < -0.39 is 0 Å². The molecule has 0 aliphatic rings. The molecule has 0 radical (unpaired) electrons. The van der Waals surface area contributed by atoms with E-state index in [-0.39, 0.29) is 12.5 Å². The average molecular weight is 358 g/mol. The summed E-state index contributed by atoms with van der Waals surface area (Å²) in [5.74, 6) is 0.921. The molecule has 0 unspecified atom stereocenters. The number of halogens is 1. The molecule has 0 spiro atoms. The summed E-state index contributed by atoms with van der Waals surface area (Å²) in [6.45, 7) is 0.369. The lowest BCUT2D eigenvalue weighted by atomic mass is 10.2. The molecule has 0 fully saturated rings. The first-order valence-electron chi connectivity index (χ1n) is 7.57. The van der Waals surface area contributed by atoms with Crippen LogP contribution in [0.15, 0.2) is 48.5 Å². The van der Waals surface area contributed by atoms with Crippen molar-refractivity contribution in [3.8, 4) is 17.1 Å². The predicted molar refractivity (Wildman–Crippen MR) is 93.1 cm³/mol. The fourth-order valence-electron chi connectivity index (χ4n) is 2.22. The van der Waals surface area contributed by atoms with Gasteiger partial charge in [-0.05, 0) is 35.0 Å². The van der Waals surface area contributed by atoms with Crippen LogP contribution in [0.25, 0.3) is 11.4 Å². The Morgan fingerprint density at radius 2 is 2.08 bits per heavy atom. The zero-order valence-electron chi connectivity index (χ0n) is 13.5. The van der Waals surface area contributed by atoms with Crippen molar-refractivity contribution in [3.63, 3.8) is 0 Å². The second-order valence-electron chi connectivity index (χ2n) is 5.28. The molecule has 1 N–H and O–H groups in total. The first kappa shape index (κ1) is 16.9. The van der Waals surface area contributed by atoms with E-state index in [1.165, 1.54) is 4.80 Å². The molecule has 25 heavy (non-hydrogen) atoms. The topological polar surface area (TPSA) is 81.9 Å². The first-order valence-corrected chi connectivity index (χ1v) is 7.95. The second kappa shape index (κ2) is 7.76. The van der Waals surface area contributed by atoms with Crippen LogP contribution in [-0.4, -0.2) is 33.2 Å². The lowest BCUT2D eigenvalue weighted by Crippen LogP contribution is -2.28. The highest BCUT2D eigenvalue weighted by Crippen LogP contribution is 2.19. The van der Waals surface area contributed by atoms with Crippen molar-refractivity contribution < 1.29 is 9.53 Å². The Morgan fingerprint density at radius 3 is 2.88 bits per heavy atom. The van der Waals surface area contributed by atoms with E-state index in [0.717, 1.165) is 11.1 Å². The number of aromatic nitrogens is 4. The summed E-state index contributed by atoms with van der Waals surface area (Å²) in [4.78, 5) is 13.3. The van der Waals surface area contributed by atoms with Gasteiger partial charge in [-0.15, -0.1) is 10.2 Å². The molecule has 3 aromatic rings. The van der Waals surface area contributed by atoms with Crippen molar-refractivity contribution in [3.05, 3.63) is 59.1 Å². The van der Waals surface area contributed by atoms with Crippen LogP contribution in [-0.2, 0) is 17.9 Å². The summed E-state index contributed by atoms with van der Waals surface area (Å²) >= 11 is 5.92. The minimum absolute atomic E-state index is 0.0163. The van der Waals surface area contributed by atoms with Gasteiger partial charge in [-0.25, -0.2) is 0 Å². The van der Waals surface area contributed by atoms with Crippen LogP contribution >= 0.6 is 11.6 Å². The van der Waals surface area contributed by atoms with Gasteiger partial charge in [0.05, 0.1) is 7.11 Å². The molecule has 7 nitrogen and oxygen atoms in total. The highest BCUT2D eigenvalue weighted by molar-refractivity contribution is 6.30. The van der Waals surface area contributed by atoms with E-state index >= 15 is 0 Å². The number of carbonyl (C=O) groups excluding carboxylic acids is 1. The van der Waals surface area contributed by atoms with Crippen LogP contribution < -0.4 is 10.1 Å². The Hall–Kier alpha value is -2.93. The van der Waals surface area contributed by atoms with E-state index in [9.17, 15) is 4.79 Å². The van der Waals surface area contributed by atoms with E-state index in [1.54, 1.807) is 25.3 Å². The van der Waals surface area contributed by atoms with Gasteiger partial charge in [0.1, 0.15) is 12.3 Å². The third kappa shape index (κ3) is 4.54. The molecule has 1 aromatic heterocycles. The average Bonchev–Trinajstić information content (AvgIpc) is 3.08.